The maximum absolute atomic E-state index is 13.1. The van der Waals surface area contributed by atoms with Gasteiger partial charge in [-0.3, -0.25) is 14.2 Å². The zero-order valence-electron chi connectivity index (χ0n) is 14.5. The van der Waals surface area contributed by atoms with Crippen LogP contribution in [0.25, 0.3) is 26.3 Å². The van der Waals surface area contributed by atoms with Crippen LogP contribution in [0.1, 0.15) is 0 Å². The van der Waals surface area contributed by atoms with Crippen molar-refractivity contribution in [3.05, 3.63) is 86.5 Å². The predicted molar refractivity (Wildman–Crippen MR) is 111 cm³/mol. The number of nitrogens with zero attached hydrogens (tertiary/aromatic N) is 2. The topological polar surface area (TPSA) is 87.1 Å². The zero-order chi connectivity index (χ0) is 19.8. The lowest BCUT2D eigenvalue weighted by Crippen LogP contribution is -2.40. The van der Waals surface area contributed by atoms with Crippen molar-refractivity contribution in [3.8, 4) is 16.1 Å². The summed E-state index contributed by atoms with van der Waals surface area (Å²) in [6, 6.07) is 17.7. The molecule has 1 amide bonds. The fourth-order valence-corrected chi connectivity index (χ4v) is 4.37. The minimum atomic E-state index is -0.672. The number of benzene rings is 2. The van der Waals surface area contributed by atoms with Gasteiger partial charge in [0.25, 0.3) is 5.56 Å². The maximum Gasteiger partial charge on any atom is 0.337 e. The van der Waals surface area contributed by atoms with Crippen molar-refractivity contribution in [2.24, 2.45) is 5.73 Å². The van der Waals surface area contributed by atoms with Crippen molar-refractivity contribution in [1.29, 1.82) is 0 Å². The standard InChI is InChI=1S/C20H14ClN3O3S/c21-13-7-4-8-14(9-13)24-18(26)15-10-16(12-5-2-1-3-6-12)28-19(15)23(20(24)27)11-17(22)25/h1-10H,11H2,(H2,22,25). The van der Waals surface area contributed by atoms with Crippen molar-refractivity contribution >= 4 is 39.1 Å². The molecule has 28 heavy (non-hydrogen) atoms. The average Bonchev–Trinajstić information content (AvgIpc) is 3.12. The van der Waals surface area contributed by atoms with Crippen LogP contribution in [0.3, 0.4) is 0 Å². The van der Waals surface area contributed by atoms with Crippen LogP contribution in [0.15, 0.2) is 70.3 Å². The second-order valence-corrected chi connectivity index (χ2v) is 7.62. The van der Waals surface area contributed by atoms with E-state index in [0.29, 0.717) is 20.9 Å². The van der Waals surface area contributed by atoms with Gasteiger partial charge in [0.1, 0.15) is 11.4 Å². The molecule has 0 fully saturated rings. The number of carbonyl (C=O) groups is 1. The zero-order valence-corrected chi connectivity index (χ0v) is 16.0. The lowest BCUT2D eigenvalue weighted by Gasteiger charge is -2.10. The van der Waals surface area contributed by atoms with Crippen molar-refractivity contribution < 1.29 is 4.79 Å². The first kappa shape index (κ1) is 18.2. The van der Waals surface area contributed by atoms with E-state index in [9.17, 15) is 14.4 Å². The summed E-state index contributed by atoms with van der Waals surface area (Å²) >= 11 is 7.30. The molecule has 0 aliphatic carbocycles. The molecule has 2 N–H and O–H groups in total. The molecular weight excluding hydrogens is 398 g/mol. The molecule has 140 valence electrons. The normalized spacial score (nSPS) is 11.0. The number of amides is 1. The Morgan fingerprint density at radius 1 is 1.04 bits per heavy atom. The molecule has 8 heteroatoms. The van der Waals surface area contributed by atoms with Crippen LogP contribution in [0.2, 0.25) is 5.02 Å². The Kier molecular flexibility index (Phi) is 4.62. The van der Waals surface area contributed by atoms with Crippen molar-refractivity contribution in [3.63, 3.8) is 0 Å². The number of halogens is 1. The number of hydrogen-bond acceptors (Lipinski definition) is 4. The van der Waals surface area contributed by atoms with Gasteiger partial charge in [0.05, 0.1) is 11.1 Å². The third kappa shape index (κ3) is 3.15. The highest BCUT2D eigenvalue weighted by Gasteiger charge is 2.19. The van der Waals surface area contributed by atoms with Gasteiger partial charge < -0.3 is 5.73 Å². The summed E-state index contributed by atoms with van der Waals surface area (Å²) in [6.07, 6.45) is 0. The molecule has 0 saturated carbocycles. The van der Waals surface area contributed by atoms with Crippen LogP contribution >= 0.6 is 22.9 Å². The number of carbonyl (C=O) groups excluding carboxylic acids is 1. The third-order valence-electron chi connectivity index (χ3n) is 4.25. The highest BCUT2D eigenvalue weighted by molar-refractivity contribution is 7.21. The number of fused-ring (bicyclic) bond motifs is 1. The van der Waals surface area contributed by atoms with E-state index in [1.807, 2.05) is 30.3 Å². The first-order valence-corrected chi connectivity index (χ1v) is 9.54. The summed E-state index contributed by atoms with van der Waals surface area (Å²) in [4.78, 5) is 39.0. The molecule has 0 aliphatic heterocycles. The van der Waals surface area contributed by atoms with Gasteiger partial charge in [-0.15, -0.1) is 11.3 Å². The molecular formula is C20H14ClN3O3S. The van der Waals surface area contributed by atoms with Gasteiger partial charge in [0, 0.05) is 9.90 Å². The van der Waals surface area contributed by atoms with E-state index < -0.39 is 17.2 Å². The van der Waals surface area contributed by atoms with E-state index in [2.05, 4.69) is 0 Å². The summed E-state index contributed by atoms with van der Waals surface area (Å²) in [7, 11) is 0. The largest absolute Gasteiger partial charge is 0.368 e. The molecule has 0 saturated heterocycles. The number of thiophene rings is 1. The molecule has 2 aromatic heterocycles. The number of primary amides is 1. The maximum atomic E-state index is 13.1. The summed E-state index contributed by atoms with van der Waals surface area (Å²) in [6.45, 7) is -0.328. The molecule has 2 aromatic carbocycles. The highest BCUT2D eigenvalue weighted by Crippen LogP contribution is 2.31. The lowest BCUT2D eigenvalue weighted by atomic mass is 10.2. The van der Waals surface area contributed by atoms with Gasteiger partial charge in [-0.1, -0.05) is 48.0 Å². The van der Waals surface area contributed by atoms with Crippen LogP contribution in [0.5, 0.6) is 0 Å². The van der Waals surface area contributed by atoms with E-state index in [1.165, 1.54) is 22.0 Å². The second-order valence-electron chi connectivity index (χ2n) is 6.15. The van der Waals surface area contributed by atoms with Gasteiger partial charge in [0.2, 0.25) is 5.91 Å². The van der Waals surface area contributed by atoms with Crippen LogP contribution < -0.4 is 17.0 Å². The Labute approximate surface area is 168 Å². The number of nitrogens with two attached hydrogens (primary N) is 1. The fourth-order valence-electron chi connectivity index (χ4n) is 3.03. The van der Waals surface area contributed by atoms with E-state index in [-0.39, 0.29) is 6.54 Å². The first-order chi connectivity index (χ1) is 13.5. The Balaban J connectivity index is 2.08. The van der Waals surface area contributed by atoms with E-state index in [0.717, 1.165) is 15.0 Å². The third-order valence-corrected chi connectivity index (χ3v) is 5.69. The summed E-state index contributed by atoms with van der Waals surface area (Å²) in [5, 5.41) is 0.727. The first-order valence-electron chi connectivity index (χ1n) is 8.35. The van der Waals surface area contributed by atoms with Crippen molar-refractivity contribution in [1.82, 2.24) is 9.13 Å². The van der Waals surface area contributed by atoms with Crippen LogP contribution in [-0.4, -0.2) is 15.0 Å². The van der Waals surface area contributed by atoms with Gasteiger partial charge >= 0.3 is 5.69 Å². The summed E-state index contributed by atoms with van der Waals surface area (Å²) in [5.74, 6) is -0.672. The summed E-state index contributed by atoms with van der Waals surface area (Å²) < 4.78 is 2.25. The molecule has 0 unspecified atom stereocenters. The van der Waals surface area contributed by atoms with Crippen LogP contribution in [0, 0.1) is 0 Å². The minimum absolute atomic E-state index is 0.328. The predicted octanol–water partition coefficient (Wildman–Crippen LogP) is 3.02. The van der Waals surface area contributed by atoms with Gasteiger partial charge in [-0.05, 0) is 29.8 Å². The lowest BCUT2D eigenvalue weighted by molar-refractivity contribution is -0.118. The van der Waals surface area contributed by atoms with E-state index in [1.54, 1.807) is 24.3 Å². The van der Waals surface area contributed by atoms with Gasteiger partial charge in [0.15, 0.2) is 0 Å². The van der Waals surface area contributed by atoms with E-state index >= 15 is 0 Å². The number of hydrogen-bond donors (Lipinski definition) is 1. The Morgan fingerprint density at radius 3 is 2.46 bits per heavy atom. The molecule has 0 aliphatic rings. The van der Waals surface area contributed by atoms with Gasteiger partial charge in [-0.25, -0.2) is 9.36 Å². The molecule has 0 spiro atoms. The summed E-state index contributed by atoms with van der Waals surface area (Å²) in [5.41, 5.74) is 5.48. The molecule has 4 rings (SSSR count). The van der Waals surface area contributed by atoms with Crippen LogP contribution in [-0.2, 0) is 11.3 Å². The quantitative estimate of drug-likeness (QED) is 0.560. The molecule has 2 heterocycles. The second kappa shape index (κ2) is 7.10. The molecule has 0 bridgehead atoms. The SMILES string of the molecule is NC(=O)Cn1c(=O)n(-c2cccc(Cl)c2)c(=O)c2cc(-c3ccccc3)sc21. The van der Waals surface area contributed by atoms with Crippen molar-refractivity contribution in [2.45, 2.75) is 6.54 Å². The molecule has 0 atom stereocenters. The average molecular weight is 412 g/mol. The van der Waals surface area contributed by atoms with Gasteiger partial charge in [-0.2, -0.15) is 0 Å². The molecule has 4 aromatic rings. The Morgan fingerprint density at radius 2 is 1.79 bits per heavy atom. The molecule has 0 radical (unpaired) electrons. The highest BCUT2D eigenvalue weighted by atomic mass is 35.5. The Bertz CT molecular complexity index is 1320. The minimum Gasteiger partial charge on any atom is -0.368 e. The van der Waals surface area contributed by atoms with E-state index in [4.69, 9.17) is 17.3 Å². The van der Waals surface area contributed by atoms with Crippen LogP contribution in [0.4, 0.5) is 0 Å². The number of aromatic nitrogens is 2. The van der Waals surface area contributed by atoms with Crippen molar-refractivity contribution in [2.75, 3.05) is 0 Å². The fraction of sp³-hybridized carbons (Fsp3) is 0.0500. The molecule has 6 nitrogen and oxygen atoms in total. The number of rotatable bonds is 4. The smallest absolute Gasteiger partial charge is 0.337 e. The monoisotopic (exact) mass is 411 g/mol. The Hall–Kier alpha value is -3.16.